The van der Waals surface area contributed by atoms with E-state index in [0.29, 0.717) is 11.5 Å². The molecule has 2 N–H and O–H groups in total. The van der Waals surface area contributed by atoms with E-state index in [4.69, 9.17) is 0 Å². The number of rotatable bonds is 2. The van der Waals surface area contributed by atoms with Crippen molar-refractivity contribution < 1.29 is 4.79 Å². The lowest BCUT2D eigenvalue weighted by molar-refractivity contribution is 0.254. The highest BCUT2D eigenvalue weighted by atomic mass is 16.2. The SMILES string of the molecule is CNC(=O)Nc1cn2nc(-c3cccnc3)ccc2n1. The number of carbonyl (C=O) groups is 1. The molecule has 0 saturated heterocycles. The van der Waals surface area contributed by atoms with E-state index >= 15 is 0 Å². The fourth-order valence-corrected chi connectivity index (χ4v) is 1.79. The number of fused-ring (bicyclic) bond motifs is 1. The van der Waals surface area contributed by atoms with Crippen LogP contribution in [0.1, 0.15) is 0 Å². The third kappa shape index (κ3) is 2.28. The predicted molar refractivity (Wildman–Crippen MR) is 74.3 cm³/mol. The summed E-state index contributed by atoms with van der Waals surface area (Å²) in [7, 11) is 1.55. The number of nitrogens with zero attached hydrogens (tertiary/aromatic N) is 4. The van der Waals surface area contributed by atoms with E-state index < -0.39 is 0 Å². The molecule has 0 aromatic carbocycles. The van der Waals surface area contributed by atoms with Crippen LogP contribution in [0.25, 0.3) is 16.9 Å². The Morgan fingerprint density at radius 1 is 1.30 bits per heavy atom. The number of nitrogens with one attached hydrogen (secondary N) is 2. The number of amides is 2. The minimum atomic E-state index is -0.319. The first-order chi connectivity index (χ1) is 9.76. The molecule has 0 bridgehead atoms. The Morgan fingerprint density at radius 2 is 2.20 bits per heavy atom. The molecule has 0 radical (unpaired) electrons. The fraction of sp³-hybridized carbons (Fsp3) is 0.0769. The van der Waals surface area contributed by atoms with E-state index in [0.717, 1.165) is 11.3 Å². The van der Waals surface area contributed by atoms with Crippen molar-refractivity contribution >= 4 is 17.5 Å². The molecule has 0 fully saturated rings. The molecule has 7 nitrogen and oxygen atoms in total. The minimum absolute atomic E-state index is 0.319. The number of pyridine rings is 1. The first-order valence-electron chi connectivity index (χ1n) is 6.02. The fourth-order valence-electron chi connectivity index (χ4n) is 1.79. The zero-order valence-electron chi connectivity index (χ0n) is 10.7. The second kappa shape index (κ2) is 4.96. The number of imidazole rings is 1. The van der Waals surface area contributed by atoms with Gasteiger partial charge in [-0.1, -0.05) is 0 Å². The molecule has 3 aromatic heterocycles. The Morgan fingerprint density at radius 3 is 2.95 bits per heavy atom. The highest BCUT2D eigenvalue weighted by Crippen LogP contribution is 2.16. The molecule has 0 spiro atoms. The van der Waals surface area contributed by atoms with Gasteiger partial charge in [-0.2, -0.15) is 5.10 Å². The quantitative estimate of drug-likeness (QED) is 0.738. The van der Waals surface area contributed by atoms with Gasteiger partial charge >= 0.3 is 6.03 Å². The van der Waals surface area contributed by atoms with Crippen LogP contribution in [0, 0.1) is 0 Å². The molecule has 7 heteroatoms. The maximum Gasteiger partial charge on any atom is 0.320 e. The molecule has 20 heavy (non-hydrogen) atoms. The van der Waals surface area contributed by atoms with E-state index in [-0.39, 0.29) is 6.03 Å². The van der Waals surface area contributed by atoms with Crippen molar-refractivity contribution in [3.63, 3.8) is 0 Å². The van der Waals surface area contributed by atoms with Gasteiger partial charge in [-0.25, -0.2) is 14.3 Å². The smallest absolute Gasteiger partial charge is 0.320 e. The Balaban J connectivity index is 1.97. The van der Waals surface area contributed by atoms with Crippen LogP contribution < -0.4 is 10.6 Å². The van der Waals surface area contributed by atoms with Crippen molar-refractivity contribution in [1.29, 1.82) is 0 Å². The van der Waals surface area contributed by atoms with Crippen molar-refractivity contribution in [2.75, 3.05) is 12.4 Å². The summed E-state index contributed by atoms with van der Waals surface area (Å²) in [6.45, 7) is 0. The van der Waals surface area contributed by atoms with Crippen molar-refractivity contribution in [3.8, 4) is 11.3 Å². The van der Waals surface area contributed by atoms with E-state index in [1.165, 1.54) is 0 Å². The van der Waals surface area contributed by atoms with Crippen molar-refractivity contribution in [3.05, 3.63) is 42.9 Å². The van der Waals surface area contributed by atoms with E-state index in [9.17, 15) is 4.79 Å². The Bertz CT molecular complexity index is 752. The molecule has 0 aliphatic heterocycles. The Labute approximate surface area is 114 Å². The number of urea groups is 1. The second-order valence-corrected chi connectivity index (χ2v) is 4.09. The lowest BCUT2D eigenvalue weighted by Gasteiger charge is -1.99. The highest BCUT2D eigenvalue weighted by molar-refractivity contribution is 5.88. The van der Waals surface area contributed by atoms with Crippen LogP contribution >= 0.6 is 0 Å². The average molecular weight is 268 g/mol. The van der Waals surface area contributed by atoms with Gasteiger partial charge in [0, 0.05) is 25.0 Å². The molecule has 0 atom stereocenters. The molecule has 3 heterocycles. The van der Waals surface area contributed by atoms with Gasteiger partial charge in [0.1, 0.15) is 0 Å². The van der Waals surface area contributed by atoms with E-state index in [1.54, 1.807) is 30.2 Å². The molecule has 3 aromatic rings. The largest absolute Gasteiger partial charge is 0.341 e. The second-order valence-electron chi connectivity index (χ2n) is 4.09. The molecular formula is C13H12N6O. The summed E-state index contributed by atoms with van der Waals surface area (Å²) in [4.78, 5) is 19.6. The van der Waals surface area contributed by atoms with Crippen LogP contribution in [0.5, 0.6) is 0 Å². The normalized spacial score (nSPS) is 10.4. The van der Waals surface area contributed by atoms with Crippen LogP contribution in [-0.4, -0.2) is 32.7 Å². The summed E-state index contributed by atoms with van der Waals surface area (Å²) in [6.07, 6.45) is 5.11. The summed E-state index contributed by atoms with van der Waals surface area (Å²) >= 11 is 0. The molecule has 0 unspecified atom stereocenters. The van der Waals surface area contributed by atoms with Crippen LogP contribution in [0.2, 0.25) is 0 Å². The van der Waals surface area contributed by atoms with Crippen molar-refractivity contribution in [2.45, 2.75) is 0 Å². The Hall–Kier alpha value is -2.96. The van der Waals surface area contributed by atoms with Gasteiger partial charge in [0.2, 0.25) is 0 Å². The monoisotopic (exact) mass is 268 g/mol. The van der Waals surface area contributed by atoms with E-state index in [2.05, 4.69) is 25.7 Å². The highest BCUT2D eigenvalue weighted by Gasteiger charge is 2.07. The molecule has 0 aliphatic carbocycles. The van der Waals surface area contributed by atoms with Gasteiger partial charge in [0.05, 0.1) is 11.9 Å². The summed E-state index contributed by atoms with van der Waals surface area (Å²) in [5.74, 6) is 0.445. The summed E-state index contributed by atoms with van der Waals surface area (Å²) in [5.41, 5.74) is 2.36. The van der Waals surface area contributed by atoms with Gasteiger partial charge in [0.15, 0.2) is 11.5 Å². The number of anilines is 1. The third-order valence-electron chi connectivity index (χ3n) is 2.75. The molecule has 0 aliphatic rings. The molecular weight excluding hydrogens is 256 g/mol. The first-order valence-corrected chi connectivity index (χ1v) is 6.02. The van der Waals surface area contributed by atoms with Gasteiger partial charge in [-0.15, -0.1) is 0 Å². The standard InChI is InChI=1S/C13H12N6O/c1-14-13(20)17-11-8-19-12(16-11)5-4-10(18-19)9-3-2-6-15-7-9/h2-8H,1H3,(H2,14,17,20). The number of carbonyl (C=O) groups excluding carboxylic acids is 1. The number of hydrogen-bond donors (Lipinski definition) is 2. The van der Waals surface area contributed by atoms with Gasteiger partial charge in [0.25, 0.3) is 0 Å². The van der Waals surface area contributed by atoms with Crippen LogP contribution in [-0.2, 0) is 0 Å². The Kier molecular flexibility index (Phi) is 3.00. The molecule has 0 saturated carbocycles. The van der Waals surface area contributed by atoms with E-state index in [1.807, 2.05) is 24.3 Å². The lowest BCUT2D eigenvalue weighted by atomic mass is 10.2. The first kappa shape index (κ1) is 12.1. The number of hydrogen-bond acceptors (Lipinski definition) is 4. The third-order valence-corrected chi connectivity index (χ3v) is 2.75. The zero-order valence-corrected chi connectivity index (χ0v) is 10.7. The van der Waals surface area contributed by atoms with Crippen molar-refractivity contribution in [2.24, 2.45) is 0 Å². The average Bonchev–Trinajstić information content (AvgIpc) is 2.89. The lowest BCUT2D eigenvalue weighted by Crippen LogP contribution is -2.24. The number of aromatic nitrogens is 4. The zero-order chi connectivity index (χ0) is 13.9. The van der Waals surface area contributed by atoms with Gasteiger partial charge < -0.3 is 5.32 Å². The summed E-state index contributed by atoms with van der Waals surface area (Å²) < 4.78 is 1.62. The molecule has 3 rings (SSSR count). The van der Waals surface area contributed by atoms with Crippen molar-refractivity contribution in [1.82, 2.24) is 24.9 Å². The van der Waals surface area contributed by atoms with Crippen LogP contribution in [0.3, 0.4) is 0 Å². The summed E-state index contributed by atoms with van der Waals surface area (Å²) in [6, 6.07) is 7.17. The maximum atomic E-state index is 11.2. The maximum absolute atomic E-state index is 11.2. The van der Waals surface area contributed by atoms with Gasteiger partial charge in [-0.05, 0) is 24.3 Å². The topological polar surface area (TPSA) is 84.2 Å². The predicted octanol–water partition coefficient (Wildman–Crippen LogP) is 1.54. The molecule has 100 valence electrons. The molecule has 2 amide bonds. The van der Waals surface area contributed by atoms with Gasteiger partial charge in [-0.3, -0.25) is 10.3 Å². The summed E-state index contributed by atoms with van der Waals surface area (Å²) in [5, 5.41) is 9.51. The minimum Gasteiger partial charge on any atom is -0.341 e. The van der Waals surface area contributed by atoms with Crippen LogP contribution in [0.15, 0.2) is 42.9 Å². The van der Waals surface area contributed by atoms with Crippen LogP contribution in [0.4, 0.5) is 10.6 Å².